The molecule has 1 unspecified atom stereocenters. The van der Waals surface area contributed by atoms with Gasteiger partial charge in [0.15, 0.2) is 0 Å². The molecule has 1 heterocycles. The van der Waals surface area contributed by atoms with Gasteiger partial charge in [0.1, 0.15) is 0 Å². The highest BCUT2D eigenvalue weighted by atomic mass is 16.2. The molecule has 1 saturated heterocycles. The molecule has 2 fully saturated rings. The van der Waals surface area contributed by atoms with Crippen molar-refractivity contribution < 1.29 is 4.79 Å². The maximum atomic E-state index is 10.9. The molecule has 1 aliphatic heterocycles. The van der Waals surface area contributed by atoms with Gasteiger partial charge in [-0.3, -0.25) is 4.79 Å². The Morgan fingerprint density at radius 1 is 1.13 bits per heavy atom. The molecule has 0 aromatic heterocycles. The van der Waals surface area contributed by atoms with Crippen LogP contribution in [0, 0.1) is 17.3 Å². The summed E-state index contributed by atoms with van der Waals surface area (Å²) in [6.07, 6.45) is 6.10. The van der Waals surface area contributed by atoms with Crippen LogP contribution < -0.4 is 5.32 Å². The Morgan fingerprint density at radius 2 is 1.67 bits per heavy atom. The van der Waals surface area contributed by atoms with Crippen molar-refractivity contribution in [3.63, 3.8) is 0 Å². The van der Waals surface area contributed by atoms with Crippen molar-refractivity contribution in [2.24, 2.45) is 17.3 Å². The fourth-order valence-electron chi connectivity index (χ4n) is 3.06. The van der Waals surface area contributed by atoms with Crippen LogP contribution in [-0.2, 0) is 4.79 Å². The number of carbonyl (C=O) groups is 1. The van der Waals surface area contributed by atoms with E-state index in [1.807, 2.05) is 0 Å². The first kappa shape index (κ1) is 11.0. The Balaban J connectivity index is 1.80. The van der Waals surface area contributed by atoms with Crippen molar-refractivity contribution in [1.82, 2.24) is 5.32 Å². The molecule has 0 bridgehead atoms. The molecule has 1 aliphatic carbocycles. The van der Waals surface area contributed by atoms with E-state index in [-0.39, 0.29) is 5.91 Å². The summed E-state index contributed by atoms with van der Waals surface area (Å²) < 4.78 is 0. The third kappa shape index (κ3) is 2.35. The van der Waals surface area contributed by atoms with Gasteiger partial charge in [0, 0.05) is 12.5 Å². The standard InChI is InChI=1S/C13H23NO/c1-13(2,3)10-6-4-9(5-7-10)11-8-12(15)14-11/h9-11H,4-8H2,1-3H3,(H,14,15). The fraction of sp³-hybridized carbons (Fsp3) is 0.923. The Hall–Kier alpha value is -0.530. The number of β-lactam (4-membered cyclic amide) rings is 1. The van der Waals surface area contributed by atoms with Gasteiger partial charge in [-0.05, 0) is 42.9 Å². The molecular formula is C13H23NO. The summed E-state index contributed by atoms with van der Waals surface area (Å²) in [5.41, 5.74) is 0.466. The minimum atomic E-state index is 0.248. The normalized spacial score (nSPS) is 37.0. The maximum Gasteiger partial charge on any atom is 0.222 e. The summed E-state index contributed by atoms with van der Waals surface area (Å²) in [5.74, 6) is 1.89. The number of nitrogens with one attached hydrogen (secondary N) is 1. The Kier molecular flexibility index (Phi) is 2.78. The fourth-order valence-corrected chi connectivity index (χ4v) is 3.06. The predicted octanol–water partition coefficient (Wildman–Crippen LogP) is 2.73. The third-order valence-electron chi connectivity index (χ3n) is 4.32. The maximum absolute atomic E-state index is 10.9. The predicted molar refractivity (Wildman–Crippen MR) is 61.5 cm³/mol. The van der Waals surface area contributed by atoms with Crippen LogP contribution in [0.4, 0.5) is 0 Å². The van der Waals surface area contributed by atoms with Gasteiger partial charge in [-0.25, -0.2) is 0 Å². The highest BCUT2D eigenvalue weighted by Crippen LogP contribution is 2.41. The Morgan fingerprint density at radius 3 is 2.07 bits per heavy atom. The van der Waals surface area contributed by atoms with Crippen molar-refractivity contribution in [2.75, 3.05) is 0 Å². The van der Waals surface area contributed by atoms with Crippen LogP contribution in [0.5, 0.6) is 0 Å². The summed E-state index contributed by atoms with van der Waals surface area (Å²) in [5, 5.41) is 3.03. The van der Waals surface area contributed by atoms with Crippen LogP contribution in [0.25, 0.3) is 0 Å². The van der Waals surface area contributed by atoms with Crippen LogP contribution in [0.1, 0.15) is 52.9 Å². The molecule has 0 aromatic carbocycles. The second-order valence-corrected chi connectivity index (χ2v) is 6.36. The molecule has 2 aliphatic rings. The lowest BCUT2D eigenvalue weighted by Crippen LogP contribution is -2.53. The largest absolute Gasteiger partial charge is 0.353 e. The van der Waals surface area contributed by atoms with E-state index in [2.05, 4.69) is 26.1 Å². The second-order valence-electron chi connectivity index (χ2n) is 6.36. The van der Waals surface area contributed by atoms with E-state index < -0.39 is 0 Å². The molecular weight excluding hydrogens is 186 g/mol. The lowest BCUT2D eigenvalue weighted by atomic mass is 9.67. The van der Waals surface area contributed by atoms with Crippen molar-refractivity contribution >= 4 is 5.91 Å². The van der Waals surface area contributed by atoms with Crippen LogP contribution in [0.3, 0.4) is 0 Å². The van der Waals surface area contributed by atoms with Crippen molar-refractivity contribution in [2.45, 2.75) is 58.9 Å². The van der Waals surface area contributed by atoms with Crippen molar-refractivity contribution in [3.8, 4) is 0 Å². The van der Waals surface area contributed by atoms with Crippen molar-refractivity contribution in [1.29, 1.82) is 0 Å². The van der Waals surface area contributed by atoms with Gasteiger partial charge >= 0.3 is 0 Å². The minimum absolute atomic E-state index is 0.248. The minimum Gasteiger partial charge on any atom is -0.353 e. The highest BCUT2D eigenvalue weighted by Gasteiger charge is 2.37. The molecule has 15 heavy (non-hydrogen) atoms. The molecule has 1 amide bonds. The SMILES string of the molecule is CC(C)(C)C1CCC(C2CC(=O)N2)CC1. The molecule has 86 valence electrons. The lowest BCUT2D eigenvalue weighted by molar-refractivity contribution is -0.129. The van der Waals surface area contributed by atoms with Gasteiger partial charge < -0.3 is 5.32 Å². The molecule has 1 saturated carbocycles. The van der Waals surface area contributed by atoms with E-state index in [4.69, 9.17) is 0 Å². The van der Waals surface area contributed by atoms with Gasteiger partial charge in [-0.15, -0.1) is 0 Å². The van der Waals surface area contributed by atoms with E-state index in [0.29, 0.717) is 11.5 Å². The average molecular weight is 209 g/mol. The van der Waals surface area contributed by atoms with Gasteiger partial charge in [0.2, 0.25) is 5.91 Å². The third-order valence-corrected chi connectivity index (χ3v) is 4.32. The van der Waals surface area contributed by atoms with Crippen molar-refractivity contribution in [3.05, 3.63) is 0 Å². The zero-order chi connectivity index (χ0) is 11.1. The van der Waals surface area contributed by atoms with Crippen LogP contribution in [0.2, 0.25) is 0 Å². The quantitative estimate of drug-likeness (QED) is 0.661. The smallest absolute Gasteiger partial charge is 0.222 e. The zero-order valence-electron chi connectivity index (χ0n) is 10.2. The highest BCUT2D eigenvalue weighted by molar-refractivity contribution is 5.82. The van der Waals surface area contributed by atoms with E-state index in [1.54, 1.807) is 0 Å². The number of rotatable bonds is 1. The summed E-state index contributed by atoms with van der Waals surface area (Å²) in [7, 11) is 0. The molecule has 1 N–H and O–H groups in total. The number of hydrogen-bond donors (Lipinski definition) is 1. The Labute approximate surface area is 92.8 Å². The van der Waals surface area contributed by atoms with Crippen LogP contribution in [0.15, 0.2) is 0 Å². The number of amides is 1. The number of hydrogen-bond acceptors (Lipinski definition) is 1. The molecule has 0 spiro atoms. The summed E-state index contributed by atoms with van der Waals surface area (Å²) in [4.78, 5) is 10.9. The van der Waals surface area contributed by atoms with E-state index in [1.165, 1.54) is 25.7 Å². The molecule has 2 nitrogen and oxygen atoms in total. The molecule has 1 atom stereocenters. The van der Waals surface area contributed by atoms with E-state index >= 15 is 0 Å². The topological polar surface area (TPSA) is 29.1 Å². The molecule has 2 rings (SSSR count). The Bertz CT molecular complexity index is 238. The molecule has 2 heteroatoms. The van der Waals surface area contributed by atoms with Crippen LogP contribution >= 0.6 is 0 Å². The molecule has 0 radical (unpaired) electrons. The van der Waals surface area contributed by atoms with Gasteiger partial charge in [0.05, 0.1) is 0 Å². The van der Waals surface area contributed by atoms with Gasteiger partial charge in [0.25, 0.3) is 0 Å². The summed E-state index contributed by atoms with van der Waals surface area (Å²) in [6.45, 7) is 7.05. The van der Waals surface area contributed by atoms with Crippen LogP contribution in [-0.4, -0.2) is 11.9 Å². The zero-order valence-corrected chi connectivity index (χ0v) is 10.2. The van der Waals surface area contributed by atoms with Gasteiger partial charge in [-0.2, -0.15) is 0 Å². The summed E-state index contributed by atoms with van der Waals surface area (Å²) >= 11 is 0. The average Bonchev–Trinajstić information content (AvgIpc) is 2.12. The lowest BCUT2D eigenvalue weighted by Gasteiger charge is -2.42. The monoisotopic (exact) mass is 209 g/mol. The first-order chi connectivity index (χ1) is 6.97. The van der Waals surface area contributed by atoms with Gasteiger partial charge in [-0.1, -0.05) is 20.8 Å². The first-order valence-corrected chi connectivity index (χ1v) is 6.26. The summed E-state index contributed by atoms with van der Waals surface area (Å²) in [6, 6.07) is 0.512. The van der Waals surface area contributed by atoms with E-state index in [9.17, 15) is 4.79 Å². The van der Waals surface area contributed by atoms with E-state index in [0.717, 1.165) is 18.3 Å². The molecule has 0 aromatic rings. The second kappa shape index (κ2) is 3.80. The number of carbonyl (C=O) groups excluding carboxylic acids is 1. The first-order valence-electron chi connectivity index (χ1n) is 6.26.